The second-order valence-corrected chi connectivity index (χ2v) is 14.7. The standard InChI is InChI=1S/C38H42FN3O3S/c1-7-38(8-2,36(43)44)20-34-35(46-37(4,5)6)31-19-30(45-24-29-15-9-25(3)21-40-29)16-18-33(31)42(34)23-26-10-12-27(13-11-26)32-17-14-28(39)22-41-32/h9-19,21-22H,7-8,20,23-24H2,1-6H3,(H,43,44). The second kappa shape index (κ2) is 13.7. The molecule has 0 aliphatic rings. The summed E-state index contributed by atoms with van der Waals surface area (Å²) in [5, 5.41) is 11.5. The van der Waals surface area contributed by atoms with Gasteiger partial charge in [-0.25, -0.2) is 4.39 Å². The Kier molecular flexibility index (Phi) is 9.87. The van der Waals surface area contributed by atoms with E-state index in [1.54, 1.807) is 17.8 Å². The van der Waals surface area contributed by atoms with Gasteiger partial charge >= 0.3 is 5.97 Å². The van der Waals surface area contributed by atoms with E-state index in [4.69, 9.17) is 4.74 Å². The number of hydrogen-bond acceptors (Lipinski definition) is 5. The van der Waals surface area contributed by atoms with Crippen LogP contribution in [0.1, 0.15) is 70.0 Å². The van der Waals surface area contributed by atoms with Crippen molar-refractivity contribution >= 4 is 28.6 Å². The average molecular weight is 640 g/mol. The minimum Gasteiger partial charge on any atom is -0.487 e. The fourth-order valence-corrected chi connectivity index (χ4v) is 6.86. The van der Waals surface area contributed by atoms with E-state index in [1.165, 1.54) is 12.3 Å². The van der Waals surface area contributed by atoms with Crippen molar-refractivity contribution in [3.05, 3.63) is 107 Å². The number of thioether (sulfide) groups is 1. The van der Waals surface area contributed by atoms with Gasteiger partial charge in [0.25, 0.3) is 0 Å². The quantitative estimate of drug-likeness (QED) is 0.137. The van der Waals surface area contributed by atoms with E-state index in [1.807, 2.05) is 57.3 Å². The monoisotopic (exact) mass is 639 g/mol. The van der Waals surface area contributed by atoms with E-state index >= 15 is 0 Å². The summed E-state index contributed by atoms with van der Waals surface area (Å²) in [6.45, 7) is 13.4. The highest BCUT2D eigenvalue weighted by molar-refractivity contribution is 8.00. The van der Waals surface area contributed by atoms with E-state index in [0.29, 0.717) is 38.1 Å². The minimum absolute atomic E-state index is 0.120. The summed E-state index contributed by atoms with van der Waals surface area (Å²) in [5.41, 5.74) is 5.77. The molecular formula is C38H42FN3O3S. The van der Waals surface area contributed by atoms with Crippen molar-refractivity contribution in [2.75, 3.05) is 0 Å². The Morgan fingerprint density at radius 2 is 1.70 bits per heavy atom. The van der Waals surface area contributed by atoms with Crippen LogP contribution in [0.4, 0.5) is 4.39 Å². The number of benzene rings is 2. The summed E-state index contributed by atoms with van der Waals surface area (Å²) < 4.78 is 21.8. The number of hydrogen-bond donors (Lipinski definition) is 1. The Morgan fingerprint density at radius 1 is 0.957 bits per heavy atom. The third kappa shape index (κ3) is 7.44. The molecule has 0 bridgehead atoms. The highest BCUT2D eigenvalue weighted by atomic mass is 32.2. The maximum atomic E-state index is 13.4. The van der Waals surface area contributed by atoms with Crippen molar-refractivity contribution in [1.82, 2.24) is 14.5 Å². The summed E-state index contributed by atoms with van der Waals surface area (Å²) in [6.07, 6.45) is 4.52. The lowest BCUT2D eigenvalue weighted by atomic mass is 9.78. The predicted molar refractivity (Wildman–Crippen MR) is 184 cm³/mol. The third-order valence-corrected chi connectivity index (χ3v) is 9.76. The maximum absolute atomic E-state index is 13.4. The molecule has 0 saturated carbocycles. The number of aliphatic carboxylic acids is 1. The highest BCUT2D eigenvalue weighted by Crippen LogP contribution is 2.45. The number of carboxylic acid groups (broad SMARTS) is 1. The molecule has 0 saturated heterocycles. The molecule has 240 valence electrons. The molecule has 1 N–H and O–H groups in total. The molecule has 0 atom stereocenters. The highest BCUT2D eigenvalue weighted by Gasteiger charge is 2.38. The van der Waals surface area contributed by atoms with Crippen LogP contribution in [0.15, 0.2) is 84.0 Å². The van der Waals surface area contributed by atoms with Crippen molar-refractivity contribution in [2.45, 2.75) is 83.6 Å². The second-order valence-electron chi connectivity index (χ2n) is 12.9. The van der Waals surface area contributed by atoms with E-state index in [2.05, 4.69) is 59.6 Å². The first-order valence-electron chi connectivity index (χ1n) is 15.7. The van der Waals surface area contributed by atoms with Crippen LogP contribution in [-0.4, -0.2) is 30.4 Å². The van der Waals surface area contributed by atoms with Crippen LogP contribution in [-0.2, 0) is 24.4 Å². The van der Waals surface area contributed by atoms with Gasteiger partial charge < -0.3 is 14.4 Å². The largest absolute Gasteiger partial charge is 0.487 e. The van der Waals surface area contributed by atoms with Gasteiger partial charge in [0.2, 0.25) is 0 Å². The number of rotatable bonds is 12. The number of carboxylic acids is 1. The number of halogens is 1. The number of aryl methyl sites for hydroxylation is 1. The molecule has 3 heterocycles. The SMILES string of the molecule is CCC(CC)(Cc1c(SC(C)(C)C)c2cc(OCc3ccc(C)cn3)ccc2n1Cc1ccc(-c2ccc(F)cn2)cc1)C(=O)O. The molecule has 2 aromatic carbocycles. The Labute approximate surface area is 275 Å². The zero-order valence-corrected chi connectivity index (χ0v) is 28.2. The molecule has 8 heteroatoms. The molecule has 6 nitrogen and oxygen atoms in total. The number of aromatic nitrogens is 3. The molecule has 0 aliphatic carbocycles. The number of pyridine rings is 2. The van der Waals surface area contributed by atoms with Crippen molar-refractivity contribution < 1.29 is 19.0 Å². The van der Waals surface area contributed by atoms with Crippen LogP contribution in [0.2, 0.25) is 0 Å². The summed E-state index contributed by atoms with van der Waals surface area (Å²) in [6, 6.07) is 21.3. The fourth-order valence-electron chi connectivity index (χ4n) is 5.67. The number of nitrogens with zero attached hydrogens (tertiary/aromatic N) is 3. The van der Waals surface area contributed by atoms with Crippen molar-refractivity contribution in [1.29, 1.82) is 0 Å². The fraction of sp³-hybridized carbons (Fsp3) is 0.342. The Balaban J connectivity index is 1.61. The first kappa shape index (κ1) is 33.2. The third-order valence-electron chi connectivity index (χ3n) is 8.49. The lowest BCUT2D eigenvalue weighted by molar-refractivity contribution is -0.149. The van der Waals surface area contributed by atoms with Crippen LogP contribution in [0.3, 0.4) is 0 Å². The van der Waals surface area contributed by atoms with Crippen LogP contribution >= 0.6 is 11.8 Å². The zero-order chi connectivity index (χ0) is 33.1. The molecule has 0 fully saturated rings. The van der Waals surface area contributed by atoms with E-state index < -0.39 is 11.4 Å². The van der Waals surface area contributed by atoms with Crippen molar-refractivity contribution in [3.63, 3.8) is 0 Å². The lowest BCUT2D eigenvalue weighted by Gasteiger charge is -2.29. The lowest BCUT2D eigenvalue weighted by Crippen LogP contribution is -2.33. The van der Waals surface area contributed by atoms with Gasteiger partial charge in [0, 0.05) is 51.0 Å². The van der Waals surface area contributed by atoms with Crippen LogP contribution in [0, 0.1) is 18.2 Å². The number of carbonyl (C=O) groups is 1. The summed E-state index contributed by atoms with van der Waals surface area (Å²) in [5.74, 6) is -0.402. The van der Waals surface area contributed by atoms with E-state index in [-0.39, 0.29) is 10.6 Å². The van der Waals surface area contributed by atoms with Gasteiger partial charge in [0.05, 0.1) is 23.0 Å². The normalized spacial score (nSPS) is 12.1. The van der Waals surface area contributed by atoms with Crippen molar-refractivity contribution in [3.8, 4) is 17.0 Å². The van der Waals surface area contributed by atoms with Gasteiger partial charge in [-0.15, -0.1) is 11.8 Å². The maximum Gasteiger partial charge on any atom is 0.310 e. The Bertz CT molecular complexity index is 1800. The topological polar surface area (TPSA) is 77.2 Å². The first-order valence-corrected chi connectivity index (χ1v) is 16.6. The molecule has 0 unspecified atom stereocenters. The zero-order valence-electron chi connectivity index (χ0n) is 27.4. The first-order chi connectivity index (χ1) is 21.9. The molecule has 0 aliphatic heterocycles. The summed E-state index contributed by atoms with van der Waals surface area (Å²) >= 11 is 1.77. The number of fused-ring (bicyclic) bond motifs is 1. The van der Waals surface area contributed by atoms with Gasteiger partial charge in [-0.3, -0.25) is 14.8 Å². The Morgan fingerprint density at radius 3 is 2.28 bits per heavy atom. The summed E-state index contributed by atoms with van der Waals surface area (Å²) in [7, 11) is 0. The van der Waals surface area contributed by atoms with Crippen LogP contribution in [0.5, 0.6) is 5.75 Å². The van der Waals surface area contributed by atoms with Crippen LogP contribution in [0.25, 0.3) is 22.2 Å². The minimum atomic E-state index is -0.895. The average Bonchev–Trinajstić information content (AvgIpc) is 3.29. The molecule has 5 rings (SSSR count). The van der Waals surface area contributed by atoms with E-state index in [9.17, 15) is 14.3 Å². The van der Waals surface area contributed by atoms with Gasteiger partial charge in [-0.1, -0.05) is 65.0 Å². The van der Waals surface area contributed by atoms with Gasteiger partial charge in [-0.2, -0.15) is 0 Å². The van der Waals surface area contributed by atoms with Gasteiger partial charge in [-0.05, 0) is 67.3 Å². The molecule has 46 heavy (non-hydrogen) atoms. The van der Waals surface area contributed by atoms with Crippen LogP contribution < -0.4 is 4.74 Å². The number of ether oxygens (including phenoxy) is 1. The van der Waals surface area contributed by atoms with Crippen molar-refractivity contribution in [2.24, 2.45) is 5.41 Å². The molecule has 0 spiro atoms. The summed E-state index contributed by atoms with van der Waals surface area (Å²) in [4.78, 5) is 22.6. The Hall–Kier alpha value is -4.17. The smallest absolute Gasteiger partial charge is 0.310 e. The molecule has 0 radical (unpaired) electrons. The van der Waals surface area contributed by atoms with E-state index in [0.717, 1.165) is 49.6 Å². The molecule has 5 aromatic rings. The van der Waals surface area contributed by atoms with Gasteiger partial charge in [0.15, 0.2) is 0 Å². The molecular weight excluding hydrogens is 598 g/mol. The molecule has 3 aromatic heterocycles. The predicted octanol–water partition coefficient (Wildman–Crippen LogP) is 9.50. The molecule has 0 amide bonds. The van der Waals surface area contributed by atoms with Gasteiger partial charge in [0.1, 0.15) is 18.2 Å².